The van der Waals surface area contributed by atoms with E-state index < -0.39 is 11.7 Å². The number of Topliss-reactive ketones (excluding diaryl/α,β-unsaturated/α-hetero) is 2. The maximum atomic E-state index is 12.3. The number of methoxy groups -OCH3 is 3. The number of aliphatic hydroxyl groups excluding tert-OH is 1. The first-order chi connectivity index (χ1) is 11.5. The van der Waals surface area contributed by atoms with E-state index in [1.54, 1.807) is 6.92 Å². The number of carbonyl (C=O) groups is 2. The summed E-state index contributed by atoms with van der Waals surface area (Å²) >= 11 is 0. The molecule has 0 amide bonds. The summed E-state index contributed by atoms with van der Waals surface area (Å²) in [6.45, 7) is 1.64. The zero-order valence-corrected chi connectivity index (χ0v) is 14.1. The summed E-state index contributed by atoms with van der Waals surface area (Å²) in [5.74, 6) is -1.04. The monoisotopic (exact) mass is 336 g/mol. The Labute approximate surface area is 139 Å². The van der Waals surface area contributed by atoms with E-state index in [4.69, 9.17) is 14.2 Å². The lowest BCUT2D eigenvalue weighted by molar-refractivity contribution is -0.122. The van der Waals surface area contributed by atoms with Gasteiger partial charge in [0, 0.05) is 25.2 Å². The molecular weight excluding hydrogens is 316 g/mol. The minimum atomic E-state index is -0.457. The van der Waals surface area contributed by atoms with Crippen molar-refractivity contribution in [1.29, 1.82) is 0 Å². The fraction of sp³-hybridized carbons (Fsp3) is 0.500. The molecule has 130 valence electrons. The lowest BCUT2D eigenvalue weighted by Crippen LogP contribution is -2.24. The average Bonchev–Trinajstić information content (AvgIpc) is 2.59. The Bertz CT molecular complexity index is 673. The second-order valence-electron chi connectivity index (χ2n) is 5.27. The highest BCUT2D eigenvalue weighted by molar-refractivity contribution is 6.21. The Kier molecular flexibility index (Phi) is 5.38. The van der Waals surface area contributed by atoms with Crippen molar-refractivity contribution in [2.45, 2.75) is 32.1 Å². The van der Waals surface area contributed by atoms with Gasteiger partial charge in [0.05, 0.1) is 32.5 Å². The van der Waals surface area contributed by atoms with Crippen LogP contribution in [0.15, 0.2) is 11.3 Å². The van der Waals surface area contributed by atoms with Gasteiger partial charge in [0.15, 0.2) is 11.6 Å². The molecule has 8 heteroatoms. The van der Waals surface area contributed by atoms with Crippen molar-refractivity contribution in [3.63, 3.8) is 0 Å². The second-order valence-corrected chi connectivity index (χ2v) is 5.27. The summed E-state index contributed by atoms with van der Waals surface area (Å²) in [6.07, 6.45) is 0.302. The van der Waals surface area contributed by atoms with Crippen LogP contribution in [0.1, 0.15) is 37.7 Å². The van der Waals surface area contributed by atoms with Gasteiger partial charge in [-0.2, -0.15) is 9.97 Å². The van der Waals surface area contributed by atoms with Crippen LogP contribution in [-0.4, -0.2) is 48.0 Å². The number of ether oxygens (including phenoxy) is 3. The molecule has 0 saturated carbocycles. The van der Waals surface area contributed by atoms with Crippen molar-refractivity contribution < 1.29 is 28.9 Å². The SMILES string of the molecule is CCC(=O)C1=C(O)CC(c2c(OC)nc(OC)nc2OC)CC1=O. The number of rotatable bonds is 6. The molecule has 1 aromatic rings. The lowest BCUT2D eigenvalue weighted by Gasteiger charge is -2.25. The van der Waals surface area contributed by atoms with Crippen molar-refractivity contribution in [1.82, 2.24) is 9.97 Å². The van der Waals surface area contributed by atoms with E-state index in [2.05, 4.69) is 9.97 Å². The number of carbonyl (C=O) groups excluding carboxylic acids is 2. The van der Waals surface area contributed by atoms with Gasteiger partial charge in [0.25, 0.3) is 0 Å². The number of aromatic nitrogens is 2. The first kappa shape index (κ1) is 17.7. The van der Waals surface area contributed by atoms with E-state index >= 15 is 0 Å². The molecule has 0 fully saturated rings. The van der Waals surface area contributed by atoms with Crippen LogP contribution in [0.4, 0.5) is 0 Å². The molecule has 0 radical (unpaired) electrons. The van der Waals surface area contributed by atoms with Gasteiger partial charge in [0.2, 0.25) is 11.8 Å². The van der Waals surface area contributed by atoms with E-state index in [1.807, 2.05) is 0 Å². The third-order valence-corrected chi connectivity index (χ3v) is 3.87. The van der Waals surface area contributed by atoms with Gasteiger partial charge < -0.3 is 19.3 Å². The van der Waals surface area contributed by atoms with Gasteiger partial charge in [-0.1, -0.05) is 6.92 Å². The van der Waals surface area contributed by atoms with Gasteiger partial charge in [-0.15, -0.1) is 0 Å². The second kappa shape index (κ2) is 7.29. The summed E-state index contributed by atoms with van der Waals surface area (Å²) in [5, 5.41) is 10.2. The largest absolute Gasteiger partial charge is 0.511 e. The van der Waals surface area contributed by atoms with Crippen molar-refractivity contribution in [3.8, 4) is 17.8 Å². The molecule has 2 rings (SSSR count). The van der Waals surface area contributed by atoms with E-state index in [9.17, 15) is 14.7 Å². The minimum Gasteiger partial charge on any atom is -0.511 e. The molecule has 1 aliphatic carbocycles. The summed E-state index contributed by atoms with van der Waals surface area (Å²) in [5.41, 5.74) is 0.352. The highest BCUT2D eigenvalue weighted by Crippen LogP contribution is 2.42. The van der Waals surface area contributed by atoms with Gasteiger partial charge in [0.1, 0.15) is 5.76 Å². The van der Waals surface area contributed by atoms with Crippen LogP contribution in [-0.2, 0) is 9.59 Å². The lowest BCUT2D eigenvalue weighted by atomic mass is 9.81. The van der Waals surface area contributed by atoms with Gasteiger partial charge in [-0.05, 0) is 0 Å². The normalized spacial score (nSPS) is 17.7. The number of nitrogens with zero attached hydrogens (tertiary/aromatic N) is 2. The number of hydrogen-bond donors (Lipinski definition) is 1. The molecule has 0 bridgehead atoms. The number of hydrogen-bond acceptors (Lipinski definition) is 8. The summed E-state index contributed by atoms with van der Waals surface area (Å²) in [6, 6.07) is 0.0659. The topological polar surface area (TPSA) is 108 Å². The minimum absolute atomic E-state index is 0.0353. The number of allylic oxidation sites excluding steroid dienone is 2. The van der Waals surface area contributed by atoms with Crippen LogP contribution in [0, 0.1) is 0 Å². The molecule has 0 spiro atoms. The van der Waals surface area contributed by atoms with Crippen LogP contribution < -0.4 is 14.2 Å². The zero-order valence-electron chi connectivity index (χ0n) is 14.1. The number of aliphatic hydroxyl groups is 1. The Balaban J connectivity index is 2.49. The van der Waals surface area contributed by atoms with Crippen LogP contribution in [0.5, 0.6) is 17.8 Å². The zero-order chi connectivity index (χ0) is 17.9. The Morgan fingerprint density at radius 1 is 1.12 bits per heavy atom. The maximum Gasteiger partial charge on any atom is 0.322 e. The first-order valence-corrected chi connectivity index (χ1v) is 7.49. The van der Waals surface area contributed by atoms with Gasteiger partial charge in [-0.25, -0.2) is 0 Å². The number of ketones is 2. The fourth-order valence-corrected chi connectivity index (χ4v) is 2.75. The highest BCUT2D eigenvalue weighted by Gasteiger charge is 2.35. The fourth-order valence-electron chi connectivity index (χ4n) is 2.75. The molecule has 8 nitrogen and oxygen atoms in total. The molecule has 1 heterocycles. The predicted octanol–water partition coefficient (Wildman–Crippen LogP) is 1.74. The third-order valence-electron chi connectivity index (χ3n) is 3.87. The van der Waals surface area contributed by atoms with Crippen molar-refractivity contribution in [3.05, 3.63) is 16.9 Å². The van der Waals surface area contributed by atoms with E-state index in [0.29, 0.717) is 5.56 Å². The van der Waals surface area contributed by atoms with Gasteiger partial charge in [-0.3, -0.25) is 9.59 Å². The van der Waals surface area contributed by atoms with Crippen LogP contribution in [0.25, 0.3) is 0 Å². The molecule has 1 N–H and O–H groups in total. The third kappa shape index (κ3) is 3.17. The average molecular weight is 336 g/mol. The Hall–Kier alpha value is -2.64. The van der Waals surface area contributed by atoms with Crippen LogP contribution in [0.2, 0.25) is 0 Å². The maximum absolute atomic E-state index is 12.3. The molecule has 1 atom stereocenters. The summed E-state index contributed by atoms with van der Waals surface area (Å²) < 4.78 is 15.5. The quantitative estimate of drug-likeness (QED) is 0.783. The smallest absolute Gasteiger partial charge is 0.322 e. The van der Waals surface area contributed by atoms with Crippen LogP contribution in [0.3, 0.4) is 0 Å². The summed E-state index contributed by atoms with van der Waals surface area (Å²) in [7, 11) is 4.27. The van der Waals surface area contributed by atoms with Crippen molar-refractivity contribution >= 4 is 11.6 Å². The van der Waals surface area contributed by atoms with Crippen molar-refractivity contribution in [2.75, 3.05) is 21.3 Å². The summed E-state index contributed by atoms with van der Waals surface area (Å²) in [4.78, 5) is 32.4. The molecule has 1 aliphatic rings. The molecule has 0 saturated heterocycles. The van der Waals surface area contributed by atoms with E-state index in [0.717, 1.165) is 0 Å². The van der Waals surface area contributed by atoms with E-state index in [-0.39, 0.29) is 54.1 Å². The standard InChI is InChI=1S/C16H20N2O6/c1-5-9(19)13-10(20)6-8(7-11(13)21)12-14(22-2)17-16(24-4)18-15(12)23-3/h8,20H,5-7H2,1-4H3. The highest BCUT2D eigenvalue weighted by atomic mass is 16.5. The van der Waals surface area contributed by atoms with Crippen LogP contribution >= 0.6 is 0 Å². The molecule has 24 heavy (non-hydrogen) atoms. The molecule has 0 aromatic carbocycles. The first-order valence-electron chi connectivity index (χ1n) is 7.49. The van der Waals surface area contributed by atoms with Gasteiger partial charge >= 0.3 is 6.01 Å². The van der Waals surface area contributed by atoms with E-state index in [1.165, 1.54) is 21.3 Å². The van der Waals surface area contributed by atoms with Crippen molar-refractivity contribution in [2.24, 2.45) is 0 Å². The molecule has 1 unspecified atom stereocenters. The Morgan fingerprint density at radius 3 is 2.12 bits per heavy atom. The molecular formula is C16H20N2O6. The molecule has 0 aliphatic heterocycles. The Morgan fingerprint density at radius 2 is 1.71 bits per heavy atom. The molecule has 1 aromatic heterocycles. The predicted molar refractivity (Wildman–Crippen MR) is 83.6 cm³/mol.